The van der Waals surface area contributed by atoms with Gasteiger partial charge in [-0.05, 0) is 36.4 Å². The molecule has 182 valence electrons. The molecule has 5 rings (SSSR count). The summed E-state index contributed by atoms with van der Waals surface area (Å²) in [5.74, 6) is 0.763. The molecule has 9 nitrogen and oxygen atoms in total. The predicted octanol–water partition coefficient (Wildman–Crippen LogP) is 4.85. The van der Waals surface area contributed by atoms with Crippen LogP contribution in [-0.2, 0) is 20.0 Å². The van der Waals surface area contributed by atoms with Crippen LogP contribution in [0.4, 0.5) is 11.4 Å². The zero-order valence-corrected chi connectivity index (χ0v) is 20.4. The van der Waals surface area contributed by atoms with Crippen LogP contribution in [0, 0.1) is 0 Å². The molecular weight excluding hydrogens is 516 g/mol. The summed E-state index contributed by atoms with van der Waals surface area (Å²) < 4.78 is 73.6. The van der Waals surface area contributed by atoms with Gasteiger partial charge in [0, 0.05) is 29.0 Å². The zero-order chi connectivity index (χ0) is 24.6. The van der Waals surface area contributed by atoms with E-state index in [1.165, 1.54) is 42.5 Å². The third-order valence-electron chi connectivity index (χ3n) is 5.17. The molecule has 4 aromatic rings. The minimum absolute atomic E-state index is 0.0267. The maximum absolute atomic E-state index is 13.1. The maximum Gasteiger partial charge on any atom is 0.295 e. The van der Waals surface area contributed by atoms with Gasteiger partial charge in [-0.15, -0.1) is 0 Å². The lowest BCUT2D eigenvalue weighted by Crippen LogP contribution is -2.17. The molecule has 0 saturated carbocycles. The Labute approximate surface area is 206 Å². The van der Waals surface area contributed by atoms with Crippen LogP contribution in [0.15, 0.2) is 81.1 Å². The van der Waals surface area contributed by atoms with E-state index in [0.717, 1.165) is 0 Å². The van der Waals surface area contributed by atoms with Crippen molar-refractivity contribution in [3.05, 3.63) is 71.8 Å². The number of fused-ring (bicyclic) bond motifs is 2. The summed E-state index contributed by atoms with van der Waals surface area (Å²) in [6.07, 6.45) is 0.675. The van der Waals surface area contributed by atoms with Crippen LogP contribution in [-0.4, -0.2) is 30.0 Å². The van der Waals surface area contributed by atoms with E-state index < -0.39 is 20.0 Å². The Morgan fingerprint density at radius 3 is 2.29 bits per heavy atom. The summed E-state index contributed by atoms with van der Waals surface area (Å²) >= 11 is 6.07. The van der Waals surface area contributed by atoms with Gasteiger partial charge < -0.3 is 13.9 Å². The monoisotopic (exact) mass is 534 g/mol. The first-order chi connectivity index (χ1) is 16.7. The lowest BCUT2D eigenvalue weighted by Gasteiger charge is -2.15. The van der Waals surface area contributed by atoms with Gasteiger partial charge in [0.15, 0.2) is 11.5 Å². The van der Waals surface area contributed by atoms with Gasteiger partial charge in [-0.1, -0.05) is 29.8 Å². The Balaban J connectivity index is 1.46. The molecule has 0 fully saturated rings. The van der Waals surface area contributed by atoms with Crippen LogP contribution >= 0.6 is 11.6 Å². The summed E-state index contributed by atoms with van der Waals surface area (Å²) in [5, 5.41) is 0.482. The first kappa shape index (κ1) is 23.3. The summed E-state index contributed by atoms with van der Waals surface area (Å²) in [4.78, 5) is -0.0807. The number of furan rings is 1. The Morgan fingerprint density at radius 1 is 0.743 bits per heavy atom. The molecule has 0 bridgehead atoms. The average molecular weight is 535 g/mol. The lowest BCUT2D eigenvalue weighted by atomic mass is 10.3. The quantitative estimate of drug-likeness (QED) is 0.362. The highest BCUT2D eigenvalue weighted by Crippen LogP contribution is 2.35. The highest BCUT2D eigenvalue weighted by molar-refractivity contribution is 7.93. The number of halogens is 1. The van der Waals surface area contributed by atoms with Crippen LogP contribution in [0.5, 0.6) is 11.5 Å². The van der Waals surface area contributed by atoms with Crippen molar-refractivity contribution in [3.8, 4) is 11.5 Å². The summed E-state index contributed by atoms with van der Waals surface area (Å²) in [5.41, 5.74) is 0.298. The molecule has 2 N–H and O–H groups in total. The van der Waals surface area contributed by atoms with Crippen molar-refractivity contribution in [2.45, 2.75) is 16.4 Å². The van der Waals surface area contributed by atoms with Gasteiger partial charge in [0.2, 0.25) is 5.09 Å². The molecule has 0 unspecified atom stereocenters. The molecule has 1 aromatic heterocycles. The van der Waals surface area contributed by atoms with Gasteiger partial charge in [0.05, 0.1) is 29.5 Å². The molecule has 0 atom stereocenters. The number of nitrogens with one attached hydrogen (secondary N) is 2. The maximum atomic E-state index is 13.1. The fourth-order valence-corrected chi connectivity index (χ4v) is 5.80. The van der Waals surface area contributed by atoms with Gasteiger partial charge in [-0.3, -0.25) is 9.44 Å². The van der Waals surface area contributed by atoms with E-state index in [4.69, 9.17) is 25.5 Å². The van der Waals surface area contributed by atoms with Crippen molar-refractivity contribution in [2.24, 2.45) is 0 Å². The molecule has 0 amide bonds. The highest BCUT2D eigenvalue weighted by atomic mass is 35.5. The van der Waals surface area contributed by atoms with E-state index in [1.807, 2.05) is 0 Å². The Bertz CT molecular complexity index is 1600. The van der Waals surface area contributed by atoms with Gasteiger partial charge in [-0.25, -0.2) is 8.42 Å². The minimum atomic E-state index is -4.20. The summed E-state index contributed by atoms with van der Waals surface area (Å²) in [6.45, 7) is 0.867. The second-order valence-electron chi connectivity index (χ2n) is 7.66. The predicted molar refractivity (Wildman–Crippen MR) is 131 cm³/mol. The van der Waals surface area contributed by atoms with E-state index >= 15 is 0 Å². The second kappa shape index (κ2) is 8.99. The van der Waals surface area contributed by atoms with Gasteiger partial charge in [0.25, 0.3) is 20.0 Å². The Hall–Kier alpha value is -3.41. The van der Waals surface area contributed by atoms with E-state index in [-0.39, 0.29) is 26.4 Å². The largest absolute Gasteiger partial charge is 0.490 e. The minimum Gasteiger partial charge on any atom is -0.490 e. The van der Waals surface area contributed by atoms with Crippen molar-refractivity contribution in [3.63, 3.8) is 0 Å². The van der Waals surface area contributed by atoms with Crippen molar-refractivity contribution in [1.82, 2.24) is 0 Å². The molecule has 0 spiro atoms. The van der Waals surface area contributed by atoms with Crippen molar-refractivity contribution >= 4 is 54.0 Å². The molecule has 0 aliphatic carbocycles. The number of hydrogen-bond donors (Lipinski definition) is 2. The van der Waals surface area contributed by atoms with Gasteiger partial charge in [-0.2, -0.15) is 8.42 Å². The Morgan fingerprint density at radius 2 is 1.49 bits per heavy atom. The van der Waals surface area contributed by atoms with Crippen LogP contribution < -0.4 is 18.9 Å². The molecule has 0 saturated heterocycles. The van der Waals surface area contributed by atoms with E-state index in [2.05, 4.69) is 9.44 Å². The van der Waals surface area contributed by atoms with E-state index in [0.29, 0.717) is 42.1 Å². The number of hydrogen-bond acceptors (Lipinski definition) is 7. The van der Waals surface area contributed by atoms with E-state index in [1.54, 1.807) is 24.3 Å². The number of anilines is 2. The van der Waals surface area contributed by atoms with E-state index in [9.17, 15) is 16.8 Å². The number of para-hydroxylation sites is 1. The van der Waals surface area contributed by atoms with Crippen molar-refractivity contribution in [2.75, 3.05) is 22.7 Å². The van der Waals surface area contributed by atoms with Crippen molar-refractivity contribution in [1.29, 1.82) is 0 Å². The molecule has 0 radical (unpaired) electrons. The molecule has 1 aliphatic rings. The number of ether oxygens (including phenoxy) is 2. The topological polar surface area (TPSA) is 124 Å². The Kier molecular flexibility index (Phi) is 5.99. The SMILES string of the molecule is O=S(=O)(Nc1ccc(Cl)cc1NS(=O)(=O)c1cc2ccccc2o1)c1ccc2c(c1)OCCCO2. The molecular formula is C23H19ClN2O7S2. The van der Waals surface area contributed by atoms with Crippen molar-refractivity contribution < 1.29 is 30.7 Å². The molecule has 12 heteroatoms. The average Bonchev–Trinajstić information content (AvgIpc) is 3.13. The zero-order valence-electron chi connectivity index (χ0n) is 18.0. The number of sulfonamides is 2. The second-order valence-corrected chi connectivity index (χ2v) is 11.4. The van der Waals surface area contributed by atoms with Gasteiger partial charge in [0.1, 0.15) is 5.58 Å². The highest BCUT2D eigenvalue weighted by Gasteiger charge is 2.24. The number of benzene rings is 3. The first-order valence-electron chi connectivity index (χ1n) is 10.4. The molecule has 1 aliphatic heterocycles. The standard InChI is InChI=1S/C23H19ClN2O7S2/c24-16-6-8-18(25-34(27,28)17-7-9-21-22(14-17)32-11-3-10-31-21)19(13-16)26-35(29,30)23-12-15-4-1-2-5-20(15)33-23/h1-2,4-9,12-14,25-26H,3,10-11H2. The fraction of sp³-hybridized carbons (Fsp3) is 0.130. The number of rotatable bonds is 6. The third-order valence-corrected chi connectivity index (χ3v) is 7.99. The van der Waals surface area contributed by atoms with Crippen LogP contribution in [0.3, 0.4) is 0 Å². The van der Waals surface area contributed by atoms with Gasteiger partial charge >= 0.3 is 0 Å². The summed E-state index contributed by atoms with van der Waals surface area (Å²) in [6, 6.07) is 16.6. The van der Waals surface area contributed by atoms with Crippen LogP contribution in [0.1, 0.15) is 6.42 Å². The van der Waals surface area contributed by atoms with Crippen LogP contribution in [0.2, 0.25) is 5.02 Å². The molecule has 2 heterocycles. The summed E-state index contributed by atoms with van der Waals surface area (Å²) in [7, 11) is -8.32. The first-order valence-corrected chi connectivity index (χ1v) is 13.8. The lowest BCUT2D eigenvalue weighted by molar-refractivity contribution is 0.297. The molecule has 35 heavy (non-hydrogen) atoms. The third kappa shape index (κ3) is 4.88. The molecule has 3 aromatic carbocycles. The normalized spacial score (nSPS) is 13.9. The smallest absolute Gasteiger partial charge is 0.295 e. The fourth-order valence-electron chi connectivity index (χ4n) is 3.49. The van der Waals surface area contributed by atoms with Crippen LogP contribution in [0.25, 0.3) is 11.0 Å².